The summed E-state index contributed by atoms with van der Waals surface area (Å²) >= 11 is 1.28. The first-order valence-corrected chi connectivity index (χ1v) is 11.5. The van der Waals surface area contributed by atoms with E-state index < -0.39 is 10.0 Å². The lowest BCUT2D eigenvalue weighted by Crippen LogP contribution is -2.42. The van der Waals surface area contributed by atoms with Gasteiger partial charge in [-0.3, -0.25) is 4.79 Å². The molecule has 1 aromatic heterocycles. The van der Waals surface area contributed by atoms with Gasteiger partial charge >= 0.3 is 0 Å². The van der Waals surface area contributed by atoms with Gasteiger partial charge in [-0.05, 0) is 42.5 Å². The van der Waals surface area contributed by atoms with Gasteiger partial charge in [0.25, 0.3) is 0 Å². The monoisotopic (exact) mass is 423 g/mol. The van der Waals surface area contributed by atoms with E-state index in [0.717, 1.165) is 6.42 Å². The number of anilines is 1. The number of sulfonamides is 1. The Hall–Kier alpha value is -1.91. The average Bonchev–Trinajstić information content (AvgIpc) is 3.04. The van der Waals surface area contributed by atoms with Crippen LogP contribution in [0.3, 0.4) is 0 Å². The van der Waals surface area contributed by atoms with Crippen LogP contribution in [-0.4, -0.2) is 52.2 Å². The molecule has 2 heterocycles. The minimum Gasteiger partial charge on any atom is -0.325 e. The summed E-state index contributed by atoms with van der Waals surface area (Å²) in [5.74, 6) is 0.699. The zero-order valence-corrected chi connectivity index (χ0v) is 17.8. The Morgan fingerprint density at radius 3 is 2.43 bits per heavy atom. The zero-order valence-electron chi connectivity index (χ0n) is 16.2. The Bertz CT molecular complexity index is 917. The molecule has 0 aliphatic carbocycles. The molecule has 152 valence electrons. The highest BCUT2D eigenvalue weighted by Crippen LogP contribution is 2.27. The number of nitrogens with zero attached hydrogens (tertiary/aromatic N) is 4. The number of aromatic nitrogens is 3. The number of amides is 1. The van der Waals surface area contributed by atoms with Crippen LogP contribution < -0.4 is 5.32 Å². The van der Waals surface area contributed by atoms with Crippen LogP contribution in [0.25, 0.3) is 0 Å². The van der Waals surface area contributed by atoms with E-state index in [1.54, 1.807) is 39.5 Å². The maximum Gasteiger partial charge on any atom is 0.243 e. The van der Waals surface area contributed by atoms with Gasteiger partial charge in [-0.1, -0.05) is 25.6 Å². The van der Waals surface area contributed by atoms with Crippen LogP contribution in [0.5, 0.6) is 0 Å². The molecule has 3 rings (SSSR count). The molecule has 1 aliphatic heterocycles. The smallest absolute Gasteiger partial charge is 0.243 e. The van der Waals surface area contributed by atoms with Gasteiger partial charge < -0.3 is 9.88 Å². The van der Waals surface area contributed by atoms with Crippen molar-refractivity contribution in [2.45, 2.75) is 30.3 Å². The minimum absolute atomic E-state index is 0.191. The Morgan fingerprint density at radius 2 is 1.86 bits per heavy atom. The summed E-state index contributed by atoms with van der Waals surface area (Å²) in [4.78, 5) is 12.4. The number of carbonyl (C=O) groups is 1. The molecule has 1 fully saturated rings. The van der Waals surface area contributed by atoms with E-state index in [2.05, 4.69) is 29.4 Å². The molecular formula is C18H25N5O3S2. The second-order valence-electron chi connectivity index (χ2n) is 7.35. The number of piperidine rings is 1. The summed E-state index contributed by atoms with van der Waals surface area (Å²) in [5, 5.41) is 11.1. The van der Waals surface area contributed by atoms with Crippen molar-refractivity contribution < 1.29 is 13.2 Å². The van der Waals surface area contributed by atoms with E-state index in [4.69, 9.17) is 0 Å². The van der Waals surface area contributed by atoms with Gasteiger partial charge in [-0.15, -0.1) is 10.2 Å². The van der Waals surface area contributed by atoms with Crippen LogP contribution in [0.15, 0.2) is 40.6 Å². The highest BCUT2D eigenvalue weighted by Gasteiger charge is 2.31. The van der Waals surface area contributed by atoms with Crippen molar-refractivity contribution in [1.29, 1.82) is 0 Å². The van der Waals surface area contributed by atoms with E-state index in [0.29, 0.717) is 35.8 Å². The third kappa shape index (κ3) is 4.92. The average molecular weight is 424 g/mol. The third-order valence-corrected chi connectivity index (χ3v) is 7.49. The minimum atomic E-state index is -3.52. The molecule has 1 saturated heterocycles. The molecule has 0 bridgehead atoms. The Kier molecular flexibility index (Phi) is 6.41. The fourth-order valence-corrected chi connectivity index (χ4v) is 5.76. The number of nitrogens with one attached hydrogen (secondary N) is 1. The zero-order chi connectivity index (χ0) is 20.3. The van der Waals surface area contributed by atoms with Crippen molar-refractivity contribution in [3.8, 4) is 0 Å². The fourth-order valence-electron chi connectivity index (χ4n) is 3.39. The second kappa shape index (κ2) is 8.62. The Morgan fingerprint density at radius 1 is 1.21 bits per heavy atom. The molecule has 0 saturated carbocycles. The van der Waals surface area contributed by atoms with Gasteiger partial charge in [-0.25, -0.2) is 8.42 Å². The summed E-state index contributed by atoms with van der Waals surface area (Å²) in [5.41, 5.74) is 0.558. The molecule has 1 amide bonds. The van der Waals surface area contributed by atoms with Gasteiger partial charge in [0, 0.05) is 25.8 Å². The van der Waals surface area contributed by atoms with Gasteiger partial charge in [-0.2, -0.15) is 4.31 Å². The van der Waals surface area contributed by atoms with Crippen LogP contribution in [0, 0.1) is 11.8 Å². The van der Waals surface area contributed by atoms with Crippen molar-refractivity contribution in [3.05, 3.63) is 30.6 Å². The van der Waals surface area contributed by atoms with Gasteiger partial charge in [0.05, 0.1) is 10.6 Å². The summed E-state index contributed by atoms with van der Waals surface area (Å²) in [6.45, 7) is 5.25. The van der Waals surface area contributed by atoms with Crippen molar-refractivity contribution in [3.63, 3.8) is 0 Å². The molecule has 10 heteroatoms. The molecule has 1 N–H and O–H groups in total. The number of thioether (sulfide) groups is 1. The lowest BCUT2D eigenvalue weighted by atomic mass is 9.94. The van der Waals surface area contributed by atoms with Gasteiger partial charge in [0.1, 0.15) is 6.33 Å². The first-order chi connectivity index (χ1) is 13.3. The van der Waals surface area contributed by atoms with Crippen molar-refractivity contribution >= 4 is 33.4 Å². The van der Waals surface area contributed by atoms with Crippen molar-refractivity contribution in [2.75, 3.05) is 24.2 Å². The molecule has 1 aromatic carbocycles. The van der Waals surface area contributed by atoms with Crippen LogP contribution in [0.4, 0.5) is 5.69 Å². The fraction of sp³-hybridized carbons (Fsp3) is 0.500. The second-order valence-corrected chi connectivity index (χ2v) is 10.2. The van der Waals surface area contributed by atoms with E-state index in [1.165, 1.54) is 11.8 Å². The van der Waals surface area contributed by atoms with Gasteiger partial charge in [0.2, 0.25) is 15.9 Å². The highest BCUT2D eigenvalue weighted by molar-refractivity contribution is 7.99. The van der Waals surface area contributed by atoms with E-state index >= 15 is 0 Å². The molecular weight excluding hydrogens is 398 g/mol. The Balaban J connectivity index is 1.61. The maximum absolute atomic E-state index is 12.9. The molecule has 0 spiro atoms. The maximum atomic E-state index is 12.9. The van der Waals surface area contributed by atoms with Crippen molar-refractivity contribution in [1.82, 2.24) is 19.1 Å². The summed E-state index contributed by atoms with van der Waals surface area (Å²) in [7, 11) is -1.71. The number of aryl methyl sites for hydroxylation is 1. The van der Waals surface area contributed by atoms with E-state index in [1.807, 2.05) is 7.05 Å². The lowest BCUT2D eigenvalue weighted by molar-refractivity contribution is -0.113. The Labute approximate surface area is 169 Å². The number of carbonyl (C=O) groups excluding carboxylic acids is 1. The van der Waals surface area contributed by atoms with E-state index in [-0.39, 0.29) is 16.6 Å². The molecule has 1 aliphatic rings. The number of rotatable bonds is 6. The quantitative estimate of drug-likeness (QED) is 0.716. The number of hydrogen-bond donors (Lipinski definition) is 1. The molecule has 0 unspecified atom stereocenters. The lowest BCUT2D eigenvalue weighted by Gasteiger charge is -2.34. The van der Waals surface area contributed by atoms with Crippen LogP contribution in [-0.2, 0) is 21.9 Å². The standard InChI is InChI=1S/C18H25N5O3S2/c1-13-8-14(2)10-23(9-13)28(25,26)16-6-4-15(5-7-16)20-17(24)11-27-18-21-19-12-22(18)3/h4-7,12-14H,8-11H2,1-3H3,(H,20,24)/t13-,14-/m1/s1. The van der Waals surface area contributed by atoms with Crippen LogP contribution >= 0.6 is 11.8 Å². The predicted molar refractivity (Wildman–Crippen MR) is 109 cm³/mol. The van der Waals surface area contributed by atoms with Crippen LogP contribution in [0.2, 0.25) is 0 Å². The first-order valence-electron chi connectivity index (χ1n) is 9.12. The topological polar surface area (TPSA) is 97.2 Å². The molecule has 2 aromatic rings. The van der Waals surface area contributed by atoms with Gasteiger partial charge in [0.15, 0.2) is 5.16 Å². The normalized spacial score (nSPS) is 20.8. The third-order valence-electron chi connectivity index (χ3n) is 4.61. The molecule has 8 nitrogen and oxygen atoms in total. The molecule has 28 heavy (non-hydrogen) atoms. The highest BCUT2D eigenvalue weighted by atomic mass is 32.2. The largest absolute Gasteiger partial charge is 0.325 e. The summed E-state index contributed by atoms with van der Waals surface area (Å²) < 4.78 is 29.1. The van der Waals surface area contributed by atoms with Crippen molar-refractivity contribution in [2.24, 2.45) is 18.9 Å². The summed E-state index contributed by atoms with van der Waals surface area (Å²) in [6.07, 6.45) is 2.62. The summed E-state index contributed by atoms with van der Waals surface area (Å²) in [6, 6.07) is 6.33. The molecule has 2 atom stereocenters. The SMILES string of the molecule is C[C@@H]1C[C@@H](C)CN(S(=O)(=O)c2ccc(NC(=O)CSc3nncn3C)cc2)C1. The molecule has 0 radical (unpaired) electrons. The number of hydrogen-bond acceptors (Lipinski definition) is 6. The number of benzene rings is 1. The van der Waals surface area contributed by atoms with E-state index in [9.17, 15) is 13.2 Å². The first kappa shape index (κ1) is 20.8. The van der Waals surface area contributed by atoms with Crippen LogP contribution in [0.1, 0.15) is 20.3 Å². The predicted octanol–water partition coefficient (Wildman–Crippen LogP) is 2.21.